The number of nitrogens with zero attached hydrogens (tertiary/aromatic N) is 2. The molecule has 1 aliphatic rings. The highest BCUT2D eigenvalue weighted by Gasteiger charge is 2.32. The van der Waals surface area contributed by atoms with Gasteiger partial charge in [-0.25, -0.2) is 0 Å². The van der Waals surface area contributed by atoms with Crippen LogP contribution in [0.2, 0.25) is 0 Å². The summed E-state index contributed by atoms with van der Waals surface area (Å²) < 4.78 is 76.5. The summed E-state index contributed by atoms with van der Waals surface area (Å²) in [5.41, 5.74) is 3.43. The lowest BCUT2D eigenvalue weighted by Crippen LogP contribution is -2.34. The number of hydrazone groups is 2. The van der Waals surface area contributed by atoms with Crippen LogP contribution in [0, 0.1) is 0 Å². The monoisotopic (exact) mass is 372 g/mol. The Hall–Kier alpha value is -3.04. The van der Waals surface area contributed by atoms with Gasteiger partial charge in [0.15, 0.2) is 11.7 Å². The number of rotatable bonds is 2. The highest BCUT2D eigenvalue weighted by Crippen LogP contribution is 2.30. The molecular weight excluding hydrogens is 362 g/mol. The molecule has 0 aromatic heterocycles. The molecule has 0 radical (unpaired) electrons. The second-order valence-corrected chi connectivity index (χ2v) is 5.30. The van der Waals surface area contributed by atoms with Crippen molar-refractivity contribution >= 4 is 11.7 Å². The fourth-order valence-electron chi connectivity index (χ4n) is 2.21. The van der Waals surface area contributed by atoms with Crippen LogP contribution in [0.1, 0.15) is 22.3 Å². The van der Waals surface area contributed by atoms with Gasteiger partial charge in [0.2, 0.25) is 0 Å². The third kappa shape index (κ3) is 3.79. The molecule has 0 unspecified atom stereocenters. The number of hydrogen-bond acceptors (Lipinski definition) is 4. The van der Waals surface area contributed by atoms with Crippen LogP contribution in [0.15, 0.2) is 58.7 Å². The van der Waals surface area contributed by atoms with Crippen molar-refractivity contribution in [2.45, 2.75) is 12.4 Å². The first-order chi connectivity index (χ1) is 12.1. The second-order valence-electron chi connectivity index (χ2n) is 5.30. The Labute approximate surface area is 143 Å². The first kappa shape index (κ1) is 17.8. The molecule has 0 atom stereocenters. The van der Waals surface area contributed by atoms with Crippen LogP contribution in [0.3, 0.4) is 0 Å². The van der Waals surface area contributed by atoms with Gasteiger partial charge in [0.05, 0.1) is 11.1 Å². The van der Waals surface area contributed by atoms with Crippen LogP contribution in [0.4, 0.5) is 26.3 Å². The van der Waals surface area contributed by atoms with Gasteiger partial charge in [0, 0.05) is 11.1 Å². The molecule has 2 N–H and O–H groups in total. The molecule has 26 heavy (non-hydrogen) atoms. The lowest BCUT2D eigenvalue weighted by molar-refractivity contribution is -0.138. The quantitative estimate of drug-likeness (QED) is 0.785. The van der Waals surface area contributed by atoms with Gasteiger partial charge in [-0.15, -0.1) is 0 Å². The van der Waals surface area contributed by atoms with Crippen molar-refractivity contribution in [2.24, 2.45) is 10.2 Å². The van der Waals surface area contributed by atoms with Crippen molar-refractivity contribution in [1.29, 1.82) is 0 Å². The highest BCUT2D eigenvalue weighted by atomic mass is 19.4. The first-order valence-electron chi connectivity index (χ1n) is 7.17. The molecule has 0 saturated heterocycles. The lowest BCUT2D eigenvalue weighted by atomic mass is 10.1. The van der Waals surface area contributed by atoms with Gasteiger partial charge in [-0.05, 0) is 24.3 Å². The number of halogens is 6. The molecule has 2 aromatic carbocycles. The van der Waals surface area contributed by atoms with Crippen molar-refractivity contribution < 1.29 is 26.3 Å². The minimum absolute atomic E-state index is 0.00632. The van der Waals surface area contributed by atoms with Crippen molar-refractivity contribution in [1.82, 2.24) is 10.9 Å². The second kappa shape index (κ2) is 6.36. The zero-order valence-electron chi connectivity index (χ0n) is 12.8. The SMILES string of the molecule is FC(F)(F)c1cccc(C2=NNC(c3cccc(C(F)(F)F)c3)=NN2)c1. The first-order valence-corrected chi connectivity index (χ1v) is 7.17. The van der Waals surface area contributed by atoms with Crippen molar-refractivity contribution in [2.75, 3.05) is 0 Å². The van der Waals surface area contributed by atoms with Crippen LogP contribution in [0.25, 0.3) is 0 Å². The van der Waals surface area contributed by atoms with E-state index < -0.39 is 23.5 Å². The normalized spacial score (nSPS) is 14.8. The summed E-state index contributed by atoms with van der Waals surface area (Å²) >= 11 is 0. The molecule has 0 aliphatic carbocycles. The zero-order valence-corrected chi connectivity index (χ0v) is 12.8. The Bertz CT molecular complexity index is 809. The van der Waals surface area contributed by atoms with Gasteiger partial charge < -0.3 is 0 Å². The minimum Gasteiger partial charge on any atom is -0.257 e. The van der Waals surface area contributed by atoms with Crippen LogP contribution >= 0.6 is 0 Å². The van der Waals surface area contributed by atoms with E-state index in [1.54, 1.807) is 0 Å². The van der Waals surface area contributed by atoms with Crippen molar-refractivity contribution in [3.8, 4) is 0 Å². The van der Waals surface area contributed by atoms with Crippen molar-refractivity contribution in [3.63, 3.8) is 0 Å². The summed E-state index contributed by atoms with van der Waals surface area (Å²) in [6, 6.07) is 8.83. The molecule has 0 amide bonds. The summed E-state index contributed by atoms with van der Waals surface area (Å²) in [7, 11) is 0. The number of amidine groups is 2. The molecule has 1 aliphatic heterocycles. The predicted molar refractivity (Wildman–Crippen MR) is 82.2 cm³/mol. The van der Waals surface area contributed by atoms with Crippen LogP contribution in [0.5, 0.6) is 0 Å². The number of hydrogen-bond donors (Lipinski definition) is 2. The fraction of sp³-hybridized carbons (Fsp3) is 0.125. The predicted octanol–water partition coefficient (Wildman–Crippen LogP) is 3.94. The summed E-state index contributed by atoms with van der Waals surface area (Å²) in [5, 5.41) is 7.70. The van der Waals surface area contributed by atoms with E-state index in [1.165, 1.54) is 24.3 Å². The molecule has 0 saturated carbocycles. The smallest absolute Gasteiger partial charge is 0.257 e. The summed E-state index contributed by atoms with van der Waals surface area (Å²) in [6.45, 7) is 0. The summed E-state index contributed by atoms with van der Waals surface area (Å²) in [5.74, 6) is 0.0126. The van der Waals surface area contributed by atoms with E-state index in [9.17, 15) is 26.3 Å². The Balaban J connectivity index is 1.81. The third-order valence-corrected chi connectivity index (χ3v) is 3.47. The molecule has 0 spiro atoms. The molecule has 3 rings (SSSR count). The summed E-state index contributed by atoms with van der Waals surface area (Å²) in [4.78, 5) is 0. The number of benzene rings is 2. The number of nitrogens with one attached hydrogen (secondary N) is 2. The van der Waals surface area contributed by atoms with Gasteiger partial charge >= 0.3 is 12.4 Å². The zero-order chi connectivity index (χ0) is 18.9. The van der Waals surface area contributed by atoms with Gasteiger partial charge in [0.25, 0.3) is 0 Å². The molecule has 10 heteroatoms. The molecular formula is C16H10F6N4. The molecule has 0 bridgehead atoms. The summed E-state index contributed by atoms with van der Waals surface area (Å²) in [6.07, 6.45) is -9.02. The molecule has 136 valence electrons. The van der Waals surface area contributed by atoms with Crippen molar-refractivity contribution in [3.05, 3.63) is 70.8 Å². The maximum absolute atomic E-state index is 12.8. The Morgan fingerprint density at radius 3 is 1.31 bits per heavy atom. The lowest BCUT2D eigenvalue weighted by Gasteiger charge is -2.17. The van der Waals surface area contributed by atoms with E-state index in [4.69, 9.17) is 0 Å². The van der Waals surface area contributed by atoms with E-state index in [2.05, 4.69) is 21.1 Å². The maximum Gasteiger partial charge on any atom is 0.416 e. The minimum atomic E-state index is -4.51. The highest BCUT2D eigenvalue weighted by molar-refractivity contribution is 6.06. The van der Waals surface area contributed by atoms with Crippen LogP contribution in [-0.4, -0.2) is 11.7 Å². The third-order valence-electron chi connectivity index (χ3n) is 3.47. The number of alkyl halides is 6. The van der Waals surface area contributed by atoms with Crippen LogP contribution < -0.4 is 10.9 Å². The fourth-order valence-corrected chi connectivity index (χ4v) is 2.21. The van der Waals surface area contributed by atoms with E-state index in [-0.39, 0.29) is 22.8 Å². The van der Waals surface area contributed by atoms with E-state index in [1.807, 2.05) is 0 Å². The van der Waals surface area contributed by atoms with E-state index >= 15 is 0 Å². The maximum atomic E-state index is 12.8. The van der Waals surface area contributed by atoms with Gasteiger partial charge in [-0.1, -0.05) is 24.3 Å². The van der Waals surface area contributed by atoms with Gasteiger partial charge in [-0.3, -0.25) is 10.9 Å². The standard InChI is InChI=1S/C16H10F6N4/c17-15(18,19)11-5-1-3-9(7-11)13-23-25-14(26-24-13)10-4-2-6-12(8-10)16(20,21)22/h1-8H,(H,23,24)(H,25,26). The average Bonchev–Trinajstić information content (AvgIpc) is 2.61. The molecule has 1 heterocycles. The van der Waals surface area contributed by atoms with E-state index in [0.717, 1.165) is 24.3 Å². The molecule has 0 fully saturated rings. The van der Waals surface area contributed by atoms with E-state index in [0.29, 0.717) is 0 Å². The molecule has 2 aromatic rings. The Morgan fingerprint density at radius 1 is 0.615 bits per heavy atom. The Kier molecular flexibility index (Phi) is 4.34. The average molecular weight is 372 g/mol. The molecule has 4 nitrogen and oxygen atoms in total. The topological polar surface area (TPSA) is 48.8 Å². The van der Waals surface area contributed by atoms with Gasteiger partial charge in [0.1, 0.15) is 0 Å². The van der Waals surface area contributed by atoms with Crippen LogP contribution in [-0.2, 0) is 12.4 Å². The largest absolute Gasteiger partial charge is 0.416 e. The van der Waals surface area contributed by atoms with Gasteiger partial charge in [-0.2, -0.15) is 36.5 Å². The Morgan fingerprint density at radius 2 is 1.00 bits per heavy atom.